The highest BCUT2D eigenvalue weighted by Crippen LogP contribution is 1.99. The van der Waals surface area contributed by atoms with Crippen molar-refractivity contribution < 1.29 is 4.79 Å². The normalized spacial score (nSPS) is 12.9. The second-order valence-corrected chi connectivity index (χ2v) is 3.63. The Labute approximate surface area is 87.9 Å². The number of hydrogen-bond donors (Lipinski definition) is 1. The molecule has 1 atom stereocenters. The molecule has 0 saturated heterocycles. The third kappa shape index (κ3) is 5.22. The summed E-state index contributed by atoms with van der Waals surface area (Å²) in [5.41, 5.74) is 0. The molecule has 3 nitrogen and oxygen atoms in total. The van der Waals surface area contributed by atoms with Crippen LogP contribution in [0.3, 0.4) is 0 Å². The molecule has 14 heavy (non-hydrogen) atoms. The average molecular weight is 200 g/mol. The minimum atomic E-state index is 0.145. The van der Waals surface area contributed by atoms with Crippen LogP contribution in [-0.4, -0.2) is 37.0 Å². The van der Waals surface area contributed by atoms with E-state index in [1.165, 1.54) is 0 Å². The van der Waals surface area contributed by atoms with Crippen LogP contribution in [0.1, 0.15) is 34.1 Å². The van der Waals surface area contributed by atoms with Crippen LogP contribution in [0, 0.1) is 5.92 Å². The fourth-order valence-electron chi connectivity index (χ4n) is 1.24. The van der Waals surface area contributed by atoms with Gasteiger partial charge in [0.2, 0.25) is 5.91 Å². The molecular weight excluding hydrogens is 176 g/mol. The molecule has 0 aromatic carbocycles. The van der Waals surface area contributed by atoms with Crippen molar-refractivity contribution in [2.75, 3.05) is 26.2 Å². The summed E-state index contributed by atoms with van der Waals surface area (Å²) in [5, 5.41) is 2.95. The smallest absolute Gasteiger partial charge is 0.222 e. The summed E-state index contributed by atoms with van der Waals surface area (Å²) in [6.07, 6.45) is 0.914. The van der Waals surface area contributed by atoms with E-state index in [2.05, 4.69) is 24.1 Å². The van der Waals surface area contributed by atoms with Crippen molar-refractivity contribution in [2.24, 2.45) is 5.92 Å². The largest absolute Gasteiger partial charge is 0.355 e. The van der Waals surface area contributed by atoms with Crippen LogP contribution in [0.15, 0.2) is 0 Å². The van der Waals surface area contributed by atoms with Crippen molar-refractivity contribution in [1.29, 1.82) is 0 Å². The Hall–Kier alpha value is -0.570. The minimum absolute atomic E-state index is 0.145. The van der Waals surface area contributed by atoms with Crippen LogP contribution in [0.5, 0.6) is 0 Å². The highest BCUT2D eigenvalue weighted by molar-refractivity contribution is 5.78. The molecule has 0 bridgehead atoms. The van der Waals surface area contributed by atoms with E-state index in [0.717, 1.165) is 32.6 Å². The quantitative estimate of drug-likeness (QED) is 0.675. The fourth-order valence-corrected chi connectivity index (χ4v) is 1.24. The van der Waals surface area contributed by atoms with Crippen LogP contribution in [0.4, 0.5) is 0 Å². The molecule has 0 spiro atoms. The van der Waals surface area contributed by atoms with Crippen LogP contribution in [-0.2, 0) is 4.79 Å². The monoisotopic (exact) mass is 200 g/mol. The summed E-state index contributed by atoms with van der Waals surface area (Å²) in [5.74, 6) is 0.325. The molecule has 0 aliphatic carbocycles. The van der Waals surface area contributed by atoms with Crippen molar-refractivity contribution in [2.45, 2.75) is 34.1 Å². The molecule has 0 radical (unpaired) electrons. The second-order valence-electron chi connectivity index (χ2n) is 3.63. The van der Waals surface area contributed by atoms with Gasteiger partial charge in [0.1, 0.15) is 0 Å². The number of carbonyl (C=O) groups excluding carboxylic acids is 1. The Morgan fingerprint density at radius 2 is 1.86 bits per heavy atom. The first kappa shape index (κ1) is 13.4. The van der Waals surface area contributed by atoms with E-state index in [-0.39, 0.29) is 11.8 Å². The Bertz CT molecular complexity index is 155. The van der Waals surface area contributed by atoms with Crippen LogP contribution in [0.25, 0.3) is 0 Å². The third-order valence-electron chi connectivity index (χ3n) is 2.68. The van der Waals surface area contributed by atoms with E-state index < -0.39 is 0 Å². The van der Waals surface area contributed by atoms with Gasteiger partial charge in [-0.25, -0.2) is 0 Å². The number of carbonyl (C=O) groups is 1. The molecule has 0 aliphatic rings. The zero-order valence-corrected chi connectivity index (χ0v) is 9.97. The van der Waals surface area contributed by atoms with E-state index in [1.54, 1.807) is 0 Å². The van der Waals surface area contributed by atoms with Gasteiger partial charge in [0.15, 0.2) is 0 Å². The fraction of sp³-hybridized carbons (Fsp3) is 0.909. The van der Waals surface area contributed by atoms with Gasteiger partial charge in [0.25, 0.3) is 0 Å². The number of nitrogens with zero attached hydrogens (tertiary/aromatic N) is 1. The molecule has 3 heteroatoms. The van der Waals surface area contributed by atoms with Gasteiger partial charge in [0.05, 0.1) is 0 Å². The van der Waals surface area contributed by atoms with Gasteiger partial charge in [-0.1, -0.05) is 27.7 Å². The second kappa shape index (κ2) is 7.80. The summed E-state index contributed by atoms with van der Waals surface area (Å²) in [6.45, 7) is 12.1. The van der Waals surface area contributed by atoms with E-state index >= 15 is 0 Å². The van der Waals surface area contributed by atoms with Gasteiger partial charge in [0, 0.05) is 19.0 Å². The molecule has 0 saturated carbocycles. The average Bonchev–Trinajstić information content (AvgIpc) is 2.22. The molecule has 1 N–H and O–H groups in total. The Morgan fingerprint density at radius 1 is 1.29 bits per heavy atom. The molecular formula is C11H24N2O. The van der Waals surface area contributed by atoms with Crippen molar-refractivity contribution in [1.82, 2.24) is 10.2 Å². The van der Waals surface area contributed by atoms with Crippen LogP contribution >= 0.6 is 0 Å². The predicted molar refractivity (Wildman–Crippen MR) is 60.3 cm³/mol. The van der Waals surface area contributed by atoms with Gasteiger partial charge in [-0.3, -0.25) is 4.79 Å². The lowest BCUT2D eigenvalue weighted by molar-refractivity contribution is -0.124. The van der Waals surface area contributed by atoms with Crippen LogP contribution in [0.2, 0.25) is 0 Å². The van der Waals surface area contributed by atoms with Crippen molar-refractivity contribution in [3.8, 4) is 0 Å². The molecule has 0 aromatic rings. The van der Waals surface area contributed by atoms with Crippen molar-refractivity contribution in [3.05, 3.63) is 0 Å². The number of amides is 1. The Kier molecular flexibility index (Phi) is 7.48. The molecule has 84 valence electrons. The van der Waals surface area contributed by atoms with Gasteiger partial charge < -0.3 is 10.2 Å². The van der Waals surface area contributed by atoms with Gasteiger partial charge in [-0.2, -0.15) is 0 Å². The van der Waals surface area contributed by atoms with E-state index in [1.807, 2.05) is 13.8 Å². The zero-order valence-electron chi connectivity index (χ0n) is 9.97. The summed E-state index contributed by atoms with van der Waals surface area (Å²) >= 11 is 0. The Balaban J connectivity index is 3.57. The van der Waals surface area contributed by atoms with Gasteiger partial charge in [-0.15, -0.1) is 0 Å². The first-order chi connectivity index (χ1) is 6.65. The number of nitrogens with one attached hydrogen (secondary N) is 1. The summed E-state index contributed by atoms with van der Waals surface area (Å²) in [4.78, 5) is 13.7. The molecule has 0 aromatic heterocycles. The lowest BCUT2D eigenvalue weighted by Gasteiger charge is -2.18. The molecule has 0 rings (SSSR count). The highest BCUT2D eigenvalue weighted by atomic mass is 16.1. The van der Waals surface area contributed by atoms with Crippen molar-refractivity contribution >= 4 is 5.91 Å². The summed E-state index contributed by atoms with van der Waals surface area (Å²) < 4.78 is 0. The number of hydrogen-bond acceptors (Lipinski definition) is 2. The lowest BCUT2D eigenvalue weighted by atomic mass is 10.1. The number of rotatable bonds is 7. The molecule has 1 amide bonds. The number of likely N-dealkylation sites (N-methyl/N-ethyl adjacent to an activating group) is 1. The van der Waals surface area contributed by atoms with Gasteiger partial charge >= 0.3 is 0 Å². The highest BCUT2D eigenvalue weighted by Gasteiger charge is 2.09. The molecule has 0 heterocycles. The zero-order chi connectivity index (χ0) is 11.0. The van der Waals surface area contributed by atoms with E-state index in [4.69, 9.17) is 0 Å². The maximum atomic E-state index is 11.4. The topological polar surface area (TPSA) is 32.3 Å². The first-order valence-electron chi connectivity index (χ1n) is 5.65. The third-order valence-corrected chi connectivity index (χ3v) is 2.68. The standard InChI is InChI=1S/C11H24N2O/c1-5-10(4)11(14)12-8-9-13(6-2)7-3/h10H,5-9H2,1-4H3,(H,12,14). The molecule has 0 aliphatic heterocycles. The molecule has 0 fully saturated rings. The SMILES string of the molecule is CCC(C)C(=O)NCCN(CC)CC. The van der Waals surface area contributed by atoms with Gasteiger partial charge in [-0.05, 0) is 19.5 Å². The van der Waals surface area contributed by atoms with E-state index in [9.17, 15) is 4.79 Å². The molecule has 1 unspecified atom stereocenters. The summed E-state index contributed by atoms with van der Waals surface area (Å²) in [6, 6.07) is 0. The maximum absolute atomic E-state index is 11.4. The summed E-state index contributed by atoms with van der Waals surface area (Å²) in [7, 11) is 0. The van der Waals surface area contributed by atoms with E-state index in [0.29, 0.717) is 0 Å². The maximum Gasteiger partial charge on any atom is 0.222 e. The predicted octanol–water partition coefficient (Wildman–Crippen LogP) is 1.49. The lowest BCUT2D eigenvalue weighted by Crippen LogP contribution is -2.36. The first-order valence-corrected chi connectivity index (χ1v) is 5.65. The van der Waals surface area contributed by atoms with Crippen LogP contribution < -0.4 is 5.32 Å². The Morgan fingerprint density at radius 3 is 2.29 bits per heavy atom. The van der Waals surface area contributed by atoms with Crippen molar-refractivity contribution in [3.63, 3.8) is 0 Å². The minimum Gasteiger partial charge on any atom is -0.355 e.